The van der Waals surface area contributed by atoms with Crippen LogP contribution in [-0.2, 0) is 0 Å². The van der Waals surface area contributed by atoms with Gasteiger partial charge < -0.3 is 10.1 Å². The fourth-order valence-electron chi connectivity index (χ4n) is 1.78. The van der Waals surface area contributed by atoms with E-state index in [0.29, 0.717) is 5.75 Å². The lowest BCUT2D eigenvalue weighted by Crippen LogP contribution is -2.37. The Morgan fingerprint density at radius 3 is 3.06 bits per heavy atom. The van der Waals surface area contributed by atoms with E-state index >= 15 is 0 Å². The number of nitrogens with one attached hydrogen (secondary N) is 1. The van der Waals surface area contributed by atoms with Crippen LogP contribution in [0.4, 0.5) is 5.69 Å². The van der Waals surface area contributed by atoms with E-state index in [-0.39, 0.29) is 11.8 Å². The van der Waals surface area contributed by atoms with Crippen molar-refractivity contribution in [2.24, 2.45) is 0 Å². The highest BCUT2D eigenvalue weighted by Crippen LogP contribution is 2.21. The molecule has 0 aliphatic carbocycles. The molecule has 1 atom stereocenters. The van der Waals surface area contributed by atoms with Crippen LogP contribution in [0, 0.1) is 10.1 Å². The van der Waals surface area contributed by atoms with Gasteiger partial charge in [-0.15, -0.1) is 0 Å². The van der Waals surface area contributed by atoms with Crippen molar-refractivity contribution in [1.29, 1.82) is 0 Å². The van der Waals surface area contributed by atoms with Gasteiger partial charge >= 0.3 is 0 Å². The van der Waals surface area contributed by atoms with Crippen molar-refractivity contribution in [2.45, 2.75) is 18.9 Å². The maximum absolute atomic E-state index is 10.6. The molecule has 0 amide bonds. The Morgan fingerprint density at radius 1 is 1.50 bits per heavy atom. The van der Waals surface area contributed by atoms with E-state index in [9.17, 15) is 10.1 Å². The monoisotopic (exact) mass is 222 g/mol. The van der Waals surface area contributed by atoms with Crippen LogP contribution in [-0.4, -0.2) is 24.1 Å². The van der Waals surface area contributed by atoms with Gasteiger partial charge in [-0.25, -0.2) is 0 Å². The summed E-state index contributed by atoms with van der Waals surface area (Å²) >= 11 is 0. The van der Waals surface area contributed by atoms with Crippen LogP contribution in [0.5, 0.6) is 5.75 Å². The second-order valence-electron chi connectivity index (χ2n) is 3.84. The molecule has 0 aromatic heterocycles. The summed E-state index contributed by atoms with van der Waals surface area (Å²) in [6, 6.07) is 6.33. The molecule has 1 aliphatic rings. The molecule has 1 aromatic rings. The van der Waals surface area contributed by atoms with Crippen LogP contribution >= 0.6 is 0 Å². The Labute approximate surface area is 93.6 Å². The van der Waals surface area contributed by atoms with Crippen molar-refractivity contribution in [2.75, 3.05) is 13.1 Å². The summed E-state index contributed by atoms with van der Waals surface area (Å²) in [6.45, 7) is 1.83. The second kappa shape index (κ2) is 4.94. The number of benzene rings is 1. The summed E-state index contributed by atoms with van der Waals surface area (Å²) in [5, 5.41) is 13.8. The van der Waals surface area contributed by atoms with Crippen LogP contribution in [0.2, 0.25) is 0 Å². The summed E-state index contributed by atoms with van der Waals surface area (Å²) in [4.78, 5) is 10.2. The van der Waals surface area contributed by atoms with E-state index in [1.165, 1.54) is 12.1 Å². The van der Waals surface area contributed by atoms with Crippen molar-refractivity contribution in [1.82, 2.24) is 5.32 Å². The zero-order valence-electron chi connectivity index (χ0n) is 8.89. The minimum Gasteiger partial charge on any atom is -0.489 e. The molecule has 1 aromatic carbocycles. The van der Waals surface area contributed by atoms with Crippen LogP contribution in [0.1, 0.15) is 12.8 Å². The first-order valence-corrected chi connectivity index (χ1v) is 5.37. The van der Waals surface area contributed by atoms with Gasteiger partial charge in [0.15, 0.2) is 0 Å². The molecule has 86 valence electrons. The highest BCUT2D eigenvalue weighted by Gasteiger charge is 2.15. The van der Waals surface area contributed by atoms with Crippen LogP contribution in [0.3, 0.4) is 0 Å². The van der Waals surface area contributed by atoms with Crippen molar-refractivity contribution >= 4 is 5.69 Å². The smallest absolute Gasteiger partial charge is 0.273 e. The summed E-state index contributed by atoms with van der Waals surface area (Å²) in [5.74, 6) is 0.572. The van der Waals surface area contributed by atoms with Gasteiger partial charge in [0.05, 0.1) is 11.0 Å². The molecular weight excluding hydrogens is 208 g/mol. The molecule has 1 saturated heterocycles. The van der Waals surface area contributed by atoms with E-state index in [1.807, 2.05) is 0 Å². The third kappa shape index (κ3) is 2.70. The third-order valence-electron chi connectivity index (χ3n) is 2.58. The summed E-state index contributed by atoms with van der Waals surface area (Å²) in [6.07, 6.45) is 2.20. The third-order valence-corrected chi connectivity index (χ3v) is 2.58. The maximum Gasteiger partial charge on any atom is 0.273 e. The van der Waals surface area contributed by atoms with Crippen molar-refractivity contribution in [3.63, 3.8) is 0 Å². The Hall–Kier alpha value is -1.62. The molecule has 1 fully saturated rings. The van der Waals surface area contributed by atoms with Gasteiger partial charge in [-0.1, -0.05) is 6.07 Å². The number of piperidine rings is 1. The van der Waals surface area contributed by atoms with E-state index in [1.54, 1.807) is 12.1 Å². The first-order chi connectivity index (χ1) is 7.75. The Morgan fingerprint density at radius 2 is 2.38 bits per heavy atom. The average Bonchev–Trinajstić information content (AvgIpc) is 2.30. The van der Waals surface area contributed by atoms with E-state index < -0.39 is 4.92 Å². The van der Waals surface area contributed by atoms with Crippen molar-refractivity contribution in [3.8, 4) is 5.75 Å². The number of non-ortho nitro benzene ring substituents is 1. The SMILES string of the molecule is O=[N+]([O-])c1cccc(O[C@H]2CCCNC2)c1. The fourth-order valence-corrected chi connectivity index (χ4v) is 1.78. The van der Waals surface area contributed by atoms with Gasteiger partial charge in [0.2, 0.25) is 0 Å². The van der Waals surface area contributed by atoms with Gasteiger partial charge in [-0.3, -0.25) is 10.1 Å². The number of nitrogens with zero attached hydrogens (tertiary/aromatic N) is 1. The standard InChI is InChI=1S/C11H14N2O3/c14-13(15)9-3-1-4-10(7-9)16-11-5-2-6-12-8-11/h1,3-4,7,11-12H,2,5-6,8H2/t11-/m0/s1. The molecular formula is C11H14N2O3. The zero-order valence-corrected chi connectivity index (χ0v) is 8.89. The number of hydrogen-bond donors (Lipinski definition) is 1. The highest BCUT2D eigenvalue weighted by molar-refractivity contribution is 5.38. The maximum atomic E-state index is 10.6. The molecule has 0 radical (unpaired) electrons. The molecule has 1 heterocycles. The molecule has 0 bridgehead atoms. The first kappa shape index (κ1) is 10.9. The molecule has 0 unspecified atom stereocenters. The van der Waals surface area contributed by atoms with Gasteiger partial charge in [-0.2, -0.15) is 0 Å². The summed E-state index contributed by atoms with van der Waals surface area (Å²) < 4.78 is 5.68. The zero-order chi connectivity index (χ0) is 11.4. The average molecular weight is 222 g/mol. The summed E-state index contributed by atoms with van der Waals surface area (Å²) in [5.41, 5.74) is 0.0706. The minimum absolute atomic E-state index is 0.0706. The topological polar surface area (TPSA) is 64.4 Å². The van der Waals surface area contributed by atoms with Gasteiger partial charge in [-0.05, 0) is 25.5 Å². The number of ether oxygens (including phenoxy) is 1. The van der Waals surface area contributed by atoms with Crippen LogP contribution < -0.4 is 10.1 Å². The molecule has 1 aliphatic heterocycles. The quantitative estimate of drug-likeness (QED) is 0.624. The van der Waals surface area contributed by atoms with Gasteiger partial charge in [0.1, 0.15) is 11.9 Å². The number of nitro groups is 1. The van der Waals surface area contributed by atoms with E-state index in [2.05, 4.69) is 5.32 Å². The predicted octanol–water partition coefficient (Wildman–Crippen LogP) is 1.73. The van der Waals surface area contributed by atoms with E-state index in [4.69, 9.17) is 4.74 Å². The number of nitro benzene ring substituents is 1. The molecule has 1 N–H and O–H groups in total. The molecule has 5 nitrogen and oxygen atoms in total. The molecule has 0 saturated carbocycles. The Balaban J connectivity index is 2.02. The number of rotatable bonds is 3. The molecule has 0 spiro atoms. The number of hydrogen-bond acceptors (Lipinski definition) is 4. The van der Waals surface area contributed by atoms with Crippen molar-refractivity contribution in [3.05, 3.63) is 34.4 Å². The normalized spacial score (nSPS) is 20.4. The highest BCUT2D eigenvalue weighted by atomic mass is 16.6. The van der Waals surface area contributed by atoms with Crippen LogP contribution in [0.25, 0.3) is 0 Å². The second-order valence-corrected chi connectivity index (χ2v) is 3.84. The van der Waals surface area contributed by atoms with Crippen LogP contribution in [0.15, 0.2) is 24.3 Å². The molecule has 5 heteroatoms. The Bertz CT molecular complexity index is 375. The largest absolute Gasteiger partial charge is 0.489 e. The van der Waals surface area contributed by atoms with Gasteiger partial charge in [0, 0.05) is 12.6 Å². The lowest BCUT2D eigenvalue weighted by atomic mass is 10.1. The molecule has 16 heavy (non-hydrogen) atoms. The first-order valence-electron chi connectivity index (χ1n) is 5.37. The minimum atomic E-state index is -0.411. The summed E-state index contributed by atoms with van der Waals surface area (Å²) in [7, 11) is 0. The lowest BCUT2D eigenvalue weighted by Gasteiger charge is -2.23. The fraction of sp³-hybridized carbons (Fsp3) is 0.455. The van der Waals surface area contributed by atoms with E-state index in [0.717, 1.165) is 25.9 Å². The Kier molecular flexibility index (Phi) is 3.36. The molecule has 2 rings (SSSR count). The lowest BCUT2D eigenvalue weighted by molar-refractivity contribution is -0.384. The van der Waals surface area contributed by atoms with Gasteiger partial charge in [0.25, 0.3) is 5.69 Å². The van der Waals surface area contributed by atoms with Crippen molar-refractivity contribution < 1.29 is 9.66 Å². The predicted molar refractivity (Wildman–Crippen MR) is 59.6 cm³/mol.